The molecule has 2 heterocycles. The number of fused-ring (bicyclic) bond motifs is 1. The topological polar surface area (TPSA) is 48.4 Å². The van der Waals surface area contributed by atoms with E-state index in [0.29, 0.717) is 0 Å². The van der Waals surface area contributed by atoms with Gasteiger partial charge in [0.25, 0.3) is 0 Å². The fourth-order valence-electron chi connectivity index (χ4n) is 2.27. The van der Waals surface area contributed by atoms with E-state index in [1.54, 1.807) is 18.4 Å². The van der Waals surface area contributed by atoms with Crippen LogP contribution in [0.1, 0.15) is 22.2 Å². The lowest BCUT2D eigenvalue weighted by Crippen LogP contribution is -2.10. The third kappa shape index (κ3) is 2.26. The molecule has 0 aliphatic heterocycles. The molecule has 1 aromatic carbocycles. The maximum absolute atomic E-state index is 6.33. The van der Waals surface area contributed by atoms with Gasteiger partial charge in [-0.3, -0.25) is 0 Å². The molecule has 104 valence electrons. The quantitative estimate of drug-likeness (QED) is 0.748. The van der Waals surface area contributed by atoms with Gasteiger partial charge in [0, 0.05) is 31.7 Å². The van der Waals surface area contributed by atoms with Crippen molar-refractivity contribution >= 4 is 38.2 Å². The molecule has 20 heavy (non-hydrogen) atoms. The third-order valence-corrected chi connectivity index (χ3v) is 5.14. The minimum Gasteiger partial charge on any atom is -0.497 e. The summed E-state index contributed by atoms with van der Waals surface area (Å²) in [6.45, 7) is 2.04. The van der Waals surface area contributed by atoms with Crippen LogP contribution in [0, 0.1) is 6.92 Å². The molecule has 3 nitrogen and oxygen atoms in total. The lowest BCUT2D eigenvalue weighted by Gasteiger charge is -2.07. The zero-order chi connectivity index (χ0) is 14.3. The van der Waals surface area contributed by atoms with Crippen molar-refractivity contribution in [2.75, 3.05) is 7.11 Å². The summed E-state index contributed by atoms with van der Waals surface area (Å²) < 4.78 is 12.2. The van der Waals surface area contributed by atoms with E-state index in [0.717, 1.165) is 37.4 Å². The maximum atomic E-state index is 6.33. The molecule has 3 rings (SSSR count). The van der Waals surface area contributed by atoms with Crippen molar-refractivity contribution in [3.63, 3.8) is 0 Å². The number of rotatable bonds is 3. The third-order valence-electron chi connectivity index (χ3n) is 3.36. The lowest BCUT2D eigenvalue weighted by molar-refractivity contribution is 0.414. The molecule has 5 heteroatoms. The van der Waals surface area contributed by atoms with Gasteiger partial charge >= 0.3 is 0 Å². The Hall–Kier alpha value is -1.30. The molecule has 3 aromatic rings. The van der Waals surface area contributed by atoms with Crippen molar-refractivity contribution in [1.82, 2.24) is 0 Å². The molecule has 0 aliphatic carbocycles. The largest absolute Gasteiger partial charge is 0.497 e. The number of furan rings is 1. The second-order valence-corrected chi connectivity index (χ2v) is 6.46. The zero-order valence-electron chi connectivity index (χ0n) is 11.1. The summed E-state index contributed by atoms with van der Waals surface area (Å²) >= 11 is 5.07. The monoisotopic (exact) mass is 351 g/mol. The second-order valence-electron chi connectivity index (χ2n) is 4.60. The predicted molar refractivity (Wildman–Crippen MR) is 85.6 cm³/mol. The highest BCUT2D eigenvalue weighted by Crippen LogP contribution is 2.35. The molecule has 2 N–H and O–H groups in total. The summed E-state index contributed by atoms with van der Waals surface area (Å²) in [5, 5.41) is 3.10. The first-order valence-corrected chi connectivity index (χ1v) is 7.84. The standard InChI is InChI=1S/C15H14BrNO2S/c1-8-11-4-3-10(18-2)6-12(11)19-15(8)14(17)13-5-9(16)7-20-13/h3-7,14H,17H2,1-2H3. The number of aryl methyl sites for hydroxylation is 1. The van der Waals surface area contributed by atoms with Crippen molar-refractivity contribution in [2.45, 2.75) is 13.0 Å². The smallest absolute Gasteiger partial charge is 0.138 e. The van der Waals surface area contributed by atoms with E-state index in [-0.39, 0.29) is 6.04 Å². The summed E-state index contributed by atoms with van der Waals surface area (Å²) in [5.41, 5.74) is 8.22. The lowest BCUT2D eigenvalue weighted by atomic mass is 10.1. The predicted octanol–water partition coefficient (Wildman–Crippen LogP) is 4.62. The summed E-state index contributed by atoms with van der Waals surface area (Å²) in [7, 11) is 1.65. The fourth-order valence-corrected chi connectivity index (χ4v) is 3.71. The van der Waals surface area contributed by atoms with E-state index < -0.39 is 0 Å². The van der Waals surface area contributed by atoms with Gasteiger partial charge in [-0.15, -0.1) is 11.3 Å². The fraction of sp³-hybridized carbons (Fsp3) is 0.200. The van der Waals surface area contributed by atoms with E-state index in [2.05, 4.69) is 15.9 Å². The van der Waals surface area contributed by atoms with E-state index in [4.69, 9.17) is 14.9 Å². The molecule has 0 aliphatic rings. The van der Waals surface area contributed by atoms with Gasteiger partial charge in [-0.1, -0.05) is 0 Å². The van der Waals surface area contributed by atoms with Crippen LogP contribution in [0.4, 0.5) is 0 Å². The van der Waals surface area contributed by atoms with Gasteiger partial charge in [-0.05, 0) is 41.1 Å². The Morgan fingerprint density at radius 3 is 2.80 bits per heavy atom. The van der Waals surface area contributed by atoms with Crippen molar-refractivity contribution in [3.05, 3.63) is 50.3 Å². The van der Waals surface area contributed by atoms with Gasteiger partial charge in [0.05, 0.1) is 13.2 Å². The van der Waals surface area contributed by atoms with Crippen LogP contribution < -0.4 is 10.5 Å². The molecule has 1 unspecified atom stereocenters. The molecule has 1 atom stereocenters. The van der Waals surface area contributed by atoms with Gasteiger partial charge in [0.1, 0.15) is 17.1 Å². The second kappa shape index (κ2) is 5.24. The Morgan fingerprint density at radius 2 is 2.15 bits per heavy atom. The van der Waals surface area contributed by atoms with Gasteiger partial charge < -0.3 is 14.9 Å². The van der Waals surface area contributed by atoms with Crippen LogP contribution in [-0.2, 0) is 0 Å². The van der Waals surface area contributed by atoms with Crippen molar-refractivity contribution in [2.24, 2.45) is 5.73 Å². The number of nitrogens with two attached hydrogens (primary N) is 1. The van der Waals surface area contributed by atoms with Crippen molar-refractivity contribution < 1.29 is 9.15 Å². The van der Waals surface area contributed by atoms with Crippen LogP contribution in [0.5, 0.6) is 5.75 Å². The van der Waals surface area contributed by atoms with Gasteiger partial charge in [-0.2, -0.15) is 0 Å². The number of benzene rings is 1. The highest BCUT2D eigenvalue weighted by molar-refractivity contribution is 9.10. The first-order valence-electron chi connectivity index (χ1n) is 6.16. The average molecular weight is 352 g/mol. The maximum Gasteiger partial charge on any atom is 0.138 e. The minimum absolute atomic E-state index is 0.246. The van der Waals surface area contributed by atoms with Crippen molar-refractivity contribution in [3.8, 4) is 5.75 Å². The summed E-state index contributed by atoms with van der Waals surface area (Å²) in [6, 6.07) is 7.62. The molecule has 2 aromatic heterocycles. The van der Waals surface area contributed by atoms with Crippen LogP contribution in [0.3, 0.4) is 0 Å². The van der Waals surface area contributed by atoms with E-state index in [1.165, 1.54) is 0 Å². The summed E-state index contributed by atoms with van der Waals surface area (Å²) in [4.78, 5) is 1.07. The highest BCUT2D eigenvalue weighted by atomic mass is 79.9. The zero-order valence-corrected chi connectivity index (χ0v) is 13.5. The van der Waals surface area contributed by atoms with Crippen LogP contribution in [0.25, 0.3) is 11.0 Å². The Bertz CT molecular complexity index is 762. The number of halogens is 1. The number of methoxy groups -OCH3 is 1. The Balaban J connectivity index is 2.09. The van der Waals surface area contributed by atoms with Crippen LogP contribution in [-0.4, -0.2) is 7.11 Å². The first kappa shape index (κ1) is 13.7. The summed E-state index contributed by atoms with van der Waals surface area (Å²) in [5.74, 6) is 1.59. The van der Waals surface area contributed by atoms with Gasteiger partial charge in [0.2, 0.25) is 0 Å². The number of hydrogen-bond acceptors (Lipinski definition) is 4. The molecule has 0 bridgehead atoms. The van der Waals surface area contributed by atoms with E-state index in [1.807, 2.05) is 36.6 Å². The molecule has 0 amide bonds. The Labute approximate surface area is 129 Å². The highest BCUT2D eigenvalue weighted by Gasteiger charge is 2.20. The molecule has 0 radical (unpaired) electrons. The number of ether oxygens (including phenoxy) is 1. The minimum atomic E-state index is -0.246. The summed E-state index contributed by atoms with van der Waals surface area (Å²) in [6.07, 6.45) is 0. The molecule has 0 fully saturated rings. The number of hydrogen-bond donors (Lipinski definition) is 1. The Morgan fingerprint density at radius 1 is 1.35 bits per heavy atom. The van der Waals surface area contributed by atoms with Crippen LogP contribution in [0.15, 0.2) is 38.5 Å². The normalized spacial score (nSPS) is 12.8. The van der Waals surface area contributed by atoms with Gasteiger partial charge in [-0.25, -0.2) is 0 Å². The van der Waals surface area contributed by atoms with E-state index >= 15 is 0 Å². The van der Waals surface area contributed by atoms with Crippen LogP contribution in [0.2, 0.25) is 0 Å². The SMILES string of the molecule is COc1ccc2c(C)c(C(N)c3cc(Br)cs3)oc2c1. The molecule has 0 saturated carbocycles. The van der Waals surface area contributed by atoms with Crippen LogP contribution >= 0.6 is 27.3 Å². The Kier molecular flexibility index (Phi) is 3.58. The molecule has 0 spiro atoms. The average Bonchev–Trinajstić information content (AvgIpc) is 3.02. The molecular formula is C15H14BrNO2S. The number of thiophene rings is 1. The van der Waals surface area contributed by atoms with E-state index in [9.17, 15) is 0 Å². The van der Waals surface area contributed by atoms with Crippen molar-refractivity contribution in [1.29, 1.82) is 0 Å². The molecular weight excluding hydrogens is 338 g/mol. The molecule has 0 saturated heterocycles. The van der Waals surface area contributed by atoms with Gasteiger partial charge in [0.15, 0.2) is 0 Å². The first-order chi connectivity index (χ1) is 9.60.